The van der Waals surface area contributed by atoms with Gasteiger partial charge in [-0.1, -0.05) is 12.1 Å². The molecule has 0 radical (unpaired) electrons. The van der Waals surface area contributed by atoms with Crippen molar-refractivity contribution in [3.05, 3.63) is 29.8 Å². The van der Waals surface area contributed by atoms with E-state index in [1.807, 2.05) is 12.1 Å². The molecule has 4 nitrogen and oxygen atoms in total. The molecule has 0 aromatic heterocycles. The van der Waals surface area contributed by atoms with Crippen LogP contribution in [0.2, 0.25) is 0 Å². The van der Waals surface area contributed by atoms with Crippen LogP contribution in [-0.2, 0) is 11.2 Å². The maximum Gasteiger partial charge on any atom is 0.224 e. The van der Waals surface area contributed by atoms with E-state index in [0.29, 0.717) is 6.54 Å². The van der Waals surface area contributed by atoms with Gasteiger partial charge in [0.15, 0.2) is 0 Å². The molecule has 4 heteroatoms. The lowest BCUT2D eigenvalue weighted by Gasteiger charge is -2.28. The number of aromatic hydroxyl groups is 1. The highest BCUT2D eigenvalue weighted by Crippen LogP contribution is 2.16. The summed E-state index contributed by atoms with van der Waals surface area (Å²) in [6.45, 7) is 3.73. The zero-order chi connectivity index (χ0) is 13.7. The minimum absolute atomic E-state index is 0.0913. The Morgan fingerprint density at radius 1 is 1.42 bits per heavy atom. The fraction of sp³-hybridized carbons (Fsp3) is 0.533. The normalized spacial score (nSPS) is 23.0. The predicted octanol–water partition coefficient (Wildman–Crippen LogP) is 1.44. The monoisotopic (exact) mass is 262 g/mol. The Morgan fingerprint density at radius 3 is 2.84 bits per heavy atom. The number of hydrogen-bond donors (Lipinski definition) is 3. The molecule has 1 fully saturated rings. The quantitative estimate of drug-likeness (QED) is 0.769. The van der Waals surface area contributed by atoms with Crippen LogP contribution in [0.15, 0.2) is 24.3 Å². The number of amides is 1. The number of nitrogens with one attached hydrogen (secondary N) is 2. The lowest BCUT2D eigenvalue weighted by Crippen LogP contribution is -2.47. The molecular weight excluding hydrogens is 240 g/mol. The number of carbonyl (C=O) groups is 1. The van der Waals surface area contributed by atoms with Crippen LogP contribution in [0.25, 0.3) is 0 Å². The molecule has 2 rings (SSSR count). The van der Waals surface area contributed by atoms with E-state index in [1.54, 1.807) is 12.1 Å². The maximum atomic E-state index is 12.1. The first kappa shape index (κ1) is 13.9. The van der Waals surface area contributed by atoms with Gasteiger partial charge >= 0.3 is 0 Å². The standard InChI is InChI=1S/C15H22N2O2/c1-11-14(3-2-9-16-11)15(19)17-10-8-12-4-6-13(18)7-5-12/h4-7,11,14,16,18H,2-3,8-10H2,1H3,(H,17,19). The molecule has 0 saturated carbocycles. The van der Waals surface area contributed by atoms with Crippen molar-refractivity contribution in [2.75, 3.05) is 13.1 Å². The molecule has 19 heavy (non-hydrogen) atoms. The first-order valence-electron chi connectivity index (χ1n) is 6.96. The smallest absolute Gasteiger partial charge is 0.224 e. The molecule has 0 bridgehead atoms. The van der Waals surface area contributed by atoms with E-state index in [2.05, 4.69) is 17.6 Å². The van der Waals surface area contributed by atoms with Crippen molar-refractivity contribution in [1.29, 1.82) is 0 Å². The van der Waals surface area contributed by atoms with Crippen molar-refractivity contribution in [3.8, 4) is 5.75 Å². The zero-order valence-electron chi connectivity index (χ0n) is 11.4. The second kappa shape index (κ2) is 6.57. The van der Waals surface area contributed by atoms with Crippen LogP contribution >= 0.6 is 0 Å². The second-order valence-corrected chi connectivity index (χ2v) is 5.20. The molecule has 1 heterocycles. The van der Waals surface area contributed by atoms with E-state index in [0.717, 1.165) is 31.4 Å². The summed E-state index contributed by atoms with van der Waals surface area (Å²) in [5.74, 6) is 0.516. The first-order chi connectivity index (χ1) is 9.16. The van der Waals surface area contributed by atoms with Gasteiger partial charge in [-0.15, -0.1) is 0 Å². The topological polar surface area (TPSA) is 61.4 Å². The Morgan fingerprint density at radius 2 is 2.16 bits per heavy atom. The molecule has 1 aliphatic heterocycles. The highest BCUT2D eigenvalue weighted by atomic mass is 16.3. The van der Waals surface area contributed by atoms with Crippen LogP contribution in [0, 0.1) is 5.92 Å². The van der Waals surface area contributed by atoms with Gasteiger partial charge in [0.2, 0.25) is 5.91 Å². The van der Waals surface area contributed by atoms with Crippen LogP contribution in [0.3, 0.4) is 0 Å². The minimum atomic E-state index is 0.0913. The molecule has 2 atom stereocenters. The van der Waals surface area contributed by atoms with Gasteiger partial charge in [-0.3, -0.25) is 4.79 Å². The number of hydrogen-bond acceptors (Lipinski definition) is 3. The summed E-state index contributed by atoms with van der Waals surface area (Å²) in [7, 11) is 0. The van der Waals surface area contributed by atoms with Crippen molar-refractivity contribution in [3.63, 3.8) is 0 Å². The molecule has 1 saturated heterocycles. The van der Waals surface area contributed by atoms with Crippen molar-refractivity contribution < 1.29 is 9.90 Å². The summed E-state index contributed by atoms with van der Waals surface area (Å²) < 4.78 is 0. The van der Waals surface area contributed by atoms with Gasteiger partial charge in [-0.2, -0.15) is 0 Å². The fourth-order valence-corrected chi connectivity index (χ4v) is 2.53. The van der Waals surface area contributed by atoms with E-state index in [9.17, 15) is 9.90 Å². The lowest BCUT2D eigenvalue weighted by atomic mass is 9.91. The van der Waals surface area contributed by atoms with Crippen molar-refractivity contribution in [1.82, 2.24) is 10.6 Å². The Bertz CT molecular complexity index is 417. The Labute approximate surface area is 114 Å². The van der Waals surface area contributed by atoms with Crippen molar-refractivity contribution in [2.45, 2.75) is 32.2 Å². The van der Waals surface area contributed by atoms with Crippen LogP contribution < -0.4 is 10.6 Å². The molecule has 0 aliphatic carbocycles. The van der Waals surface area contributed by atoms with Crippen LogP contribution in [0.4, 0.5) is 0 Å². The number of phenolic OH excluding ortho intramolecular Hbond substituents is 1. The Balaban J connectivity index is 1.75. The number of piperidine rings is 1. The third kappa shape index (κ3) is 3.96. The number of phenols is 1. The van der Waals surface area contributed by atoms with E-state index in [-0.39, 0.29) is 23.6 Å². The number of rotatable bonds is 4. The first-order valence-corrected chi connectivity index (χ1v) is 6.96. The third-order valence-corrected chi connectivity index (χ3v) is 3.75. The van der Waals surface area contributed by atoms with Gasteiger partial charge < -0.3 is 15.7 Å². The molecule has 1 aliphatic rings. The lowest BCUT2D eigenvalue weighted by molar-refractivity contribution is -0.126. The van der Waals surface area contributed by atoms with Crippen molar-refractivity contribution in [2.24, 2.45) is 5.92 Å². The molecule has 2 unspecified atom stereocenters. The van der Waals surface area contributed by atoms with Crippen LogP contribution in [0.1, 0.15) is 25.3 Å². The average Bonchev–Trinajstić information content (AvgIpc) is 2.41. The van der Waals surface area contributed by atoms with Gasteiger partial charge in [-0.05, 0) is 50.4 Å². The summed E-state index contributed by atoms with van der Waals surface area (Å²) in [6, 6.07) is 7.37. The zero-order valence-corrected chi connectivity index (χ0v) is 11.4. The van der Waals surface area contributed by atoms with E-state index < -0.39 is 0 Å². The fourth-order valence-electron chi connectivity index (χ4n) is 2.53. The second-order valence-electron chi connectivity index (χ2n) is 5.20. The molecule has 104 valence electrons. The van der Waals surface area contributed by atoms with E-state index in [1.165, 1.54) is 0 Å². The summed E-state index contributed by atoms with van der Waals surface area (Å²) >= 11 is 0. The maximum absolute atomic E-state index is 12.1. The third-order valence-electron chi connectivity index (χ3n) is 3.75. The summed E-state index contributed by atoms with van der Waals surface area (Å²) in [4.78, 5) is 12.1. The van der Waals surface area contributed by atoms with E-state index in [4.69, 9.17) is 0 Å². The SMILES string of the molecule is CC1NCCCC1C(=O)NCCc1ccc(O)cc1. The molecule has 1 aromatic carbocycles. The average molecular weight is 262 g/mol. The summed E-state index contributed by atoms with van der Waals surface area (Å²) in [5, 5.41) is 15.5. The van der Waals surface area contributed by atoms with Gasteiger partial charge in [0, 0.05) is 12.6 Å². The molecular formula is C15H22N2O2. The largest absolute Gasteiger partial charge is 0.508 e. The van der Waals surface area contributed by atoms with Gasteiger partial charge in [0.1, 0.15) is 5.75 Å². The molecule has 0 spiro atoms. The van der Waals surface area contributed by atoms with Gasteiger partial charge in [0.25, 0.3) is 0 Å². The Kier molecular flexibility index (Phi) is 4.80. The number of benzene rings is 1. The summed E-state index contributed by atoms with van der Waals surface area (Å²) in [5.41, 5.74) is 1.12. The molecule has 1 amide bonds. The Hall–Kier alpha value is -1.55. The molecule has 3 N–H and O–H groups in total. The predicted molar refractivity (Wildman–Crippen MR) is 75.0 cm³/mol. The van der Waals surface area contributed by atoms with Gasteiger partial charge in [0.05, 0.1) is 5.92 Å². The van der Waals surface area contributed by atoms with E-state index >= 15 is 0 Å². The summed E-state index contributed by atoms with van der Waals surface area (Å²) in [6.07, 6.45) is 2.83. The van der Waals surface area contributed by atoms with Crippen LogP contribution in [0.5, 0.6) is 5.75 Å². The van der Waals surface area contributed by atoms with Gasteiger partial charge in [-0.25, -0.2) is 0 Å². The van der Waals surface area contributed by atoms with Crippen LogP contribution in [-0.4, -0.2) is 30.1 Å². The minimum Gasteiger partial charge on any atom is -0.508 e. The highest BCUT2D eigenvalue weighted by molar-refractivity contribution is 5.79. The highest BCUT2D eigenvalue weighted by Gasteiger charge is 2.26. The number of carbonyl (C=O) groups excluding carboxylic acids is 1. The molecule has 1 aromatic rings. The van der Waals surface area contributed by atoms with Crippen molar-refractivity contribution >= 4 is 5.91 Å².